The summed E-state index contributed by atoms with van der Waals surface area (Å²) in [6, 6.07) is 7.29. The molecule has 0 bridgehead atoms. The first-order valence-corrected chi connectivity index (χ1v) is 4.83. The zero-order valence-corrected chi connectivity index (χ0v) is 8.81. The number of nitrogen functional groups attached to an aromatic ring is 1. The number of rotatable bonds is 4. The number of likely N-dealkylation sites (N-methyl/N-ethyl adjacent to an activating group) is 1. The van der Waals surface area contributed by atoms with E-state index in [4.69, 9.17) is 10.8 Å². The van der Waals surface area contributed by atoms with Gasteiger partial charge in [-0.15, -0.1) is 0 Å². The van der Waals surface area contributed by atoms with Crippen molar-refractivity contribution in [1.29, 1.82) is 0 Å². The quantitative estimate of drug-likeness (QED) is 0.698. The number of aliphatic hydroxyl groups excluding tert-OH is 1. The number of carbonyl (C=O) groups is 1. The van der Waals surface area contributed by atoms with Crippen LogP contribution < -0.4 is 5.73 Å². The van der Waals surface area contributed by atoms with E-state index in [9.17, 15) is 4.79 Å². The van der Waals surface area contributed by atoms with E-state index in [0.29, 0.717) is 12.2 Å². The smallest absolute Gasteiger partial charge is 0.226 e. The Bertz CT molecular complexity index is 339. The molecule has 0 radical (unpaired) electrons. The molecule has 1 aromatic carbocycles. The molecule has 4 nitrogen and oxygen atoms in total. The van der Waals surface area contributed by atoms with Crippen LogP contribution >= 0.6 is 0 Å². The zero-order valence-electron chi connectivity index (χ0n) is 8.81. The summed E-state index contributed by atoms with van der Waals surface area (Å²) in [5, 5.41) is 8.69. The largest absolute Gasteiger partial charge is 0.398 e. The fourth-order valence-corrected chi connectivity index (χ4v) is 1.27. The third-order valence-electron chi connectivity index (χ3n) is 2.26. The number of nitrogens with two attached hydrogens (primary N) is 1. The summed E-state index contributed by atoms with van der Waals surface area (Å²) >= 11 is 0. The Kier molecular flexibility index (Phi) is 4.12. The van der Waals surface area contributed by atoms with Gasteiger partial charge >= 0.3 is 0 Å². The van der Waals surface area contributed by atoms with Crippen LogP contribution in [0.3, 0.4) is 0 Å². The summed E-state index contributed by atoms with van der Waals surface area (Å²) in [6.45, 7) is 0.331. The summed E-state index contributed by atoms with van der Waals surface area (Å²) < 4.78 is 0. The topological polar surface area (TPSA) is 66.6 Å². The fraction of sp³-hybridized carbons (Fsp3) is 0.364. The predicted molar refractivity (Wildman–Crippen MR) is 59.3 cm³/mol. The summed E-state index contributed by atoms with van der Waals surface area (Å²) in [7, 11) is 1.66. The van der Waals surface area contributed by atoms with Gasteiger partial charge < -0.3 is 15.7 Å². The van der Waals surface area contributed by atoms with E-state index in [1.807, 2.05) is 18.2 Å². The molecule has 0 unspecified atom stereocenters. The molecular weight excluding hydrogens is 192 g/mol. The lowest BCUT2D eigenvalue weighted by Gasteiger charge is -2.16. The number of hydrogen-bond donors (Lipinski definition) is 2. The first-order chi connectivity index (χ1) is 7.15. The van der Waals surface area contributed by atoms with Crippen molar-refractivity contribution < 1.29 is 9.90 Å². The Hall–Kier alpha value is -1.55. The summed E-state index contributed by atoms with van der Waals surface area (Å²) in [4.78, 5) is 13.1. The average molecular weight is 208 g/mol. The highest BCUT2D eigenvalue weighted by Gasteiger charge is 2.10. The van der Waals surface area contributed by atoms with Crippen molar-refractivity contribution in [3.05, 3.63) is 29.8 Å². The van der Waals surface area contributed by atoms with E-state index < -0.39 is 0 Å². The SMILES string of the molecule is CN(CCO)C(=O)Cc1ccccc1N. The molecule has 0 fully saturated rings. The van der Waals surface area contributed by atoms with E-state index in [1.54, 1.807) is 13.1 Å². The number of nitrogens with zero attached hydrogens (tertiary/aromatic N) is 1. The van der Waals surface area contributed by atoms with Gasteiger partial charge in [0.15, 0.2) is 0 Å². The number of anilines is 1. The van der Waals surface area contributed by atoms with E-state index in [0.717, 1.165) is 5.56 Å². The number of hydrogen-bond acceptors (Lipinski definition) is 3. The number of benzene rings is 1. The number of amides is 1. The van der Waals surface area contributed by atoms with Crippen LogP contribution in [0.1, 0.15) is 5.56 Å². The van der Waals surface area contributed by atoms with Crippen molar-refractivity contribution in [2.45, 2.75) is 6.42 Å². The second kappa shape index (κ2) is 5.36. The molecule has 0 spiro atoms. The predicted octanol–water partition coefficient (Wildman–Crippen LogP) is 0.262. The van der Waals surface area contributed by atoms with Crippen molar-refractivity contribution in [3.8, 4) is 0 Å². The van der Waals surface area contributed by atoms with Gasteiger partial charge in [-0.2, -0.15) is 0 Å². The fourth-order valence-electron chi connectivity index (χ4n) is 1.27. The van der Waals surface area contributed by atoms with Crippen LogP contribution in [-0.4, -0.2) is 36.1 Å². The van der Waals surface area contributed by atoms with Crippen molar-refractivity contribution in [2.75, 3.05) is 25.9 Å². The molecular formula is C11H16N2O2. The minimum absolute atomic E-state index is 0.0213. The monoisotopic (exact) mass is 208 g/mol. The van der Waals surface area contributed by atoms with Gasteiger partial charge in [0.05, 0.1) is 13.0 Å². The minimum atomic E-state index is -0.0399. The van der Waals surface area contributed by atoms with Gasteiger partial charge in [0.1, 0.15) is 0 Å². The molecule has 1 rings (SSSR count). The molecule has 0 aliphatic carbocycles. The molecule has 0 saturated carbocycles. The highest BCUT2D eigenvalue weighted by molar-refractivity contribution is 5.80. The average Bonchev–Trinajstić information content (AvgIpc) is 2.21. The Morgan fingerprint density at radius 2 is 2.13 bits per heavy atom. The first-order valence-electron chi connectivity index (χ1n) is 4.83. The second-order valence-electron chi connectivity index (χ2n) is 3.41. The van der Waals surface area contributed by atoms with Gasteiger partial charge in [-0.3, -0.25) is 4.79 Å². The van der Waals surface area contributed by atoms with Crippen LogP contribution in [0.15, 0.2) is 24.3 Å². The van der Waals surface area contributed by atoms with Gasteiger partial charge in [-0.25, -0.2) is 0 Å². The van der Waals surface area contributed by atoms with Gasteiger partial charge in [-0.1, -0.05) is 18.2 Å². The first kappa shape index (κ1) is 11.5. The van der Waals surface area contributed by atoms with Gasteiger partial charge in [0, 0.05) is 19.3 Å². The molecule has 4 heteroatoms. The molecule has 0 saturated heterocycles. The zero-order chi connectivity index (χ0) is 11.3. The van der Waals surface area contributed by atoms with Crippen molar-refractivity contribution >= 4 is 11.6 Å². The molecule has 1 aromatic rings. The van der Waals surface area contributed by atoms with E-state index >= 15 is 0 Å². The van der Waals surface area contributed by atoms with E-state index in [1.165, 1.54) is 4.90 Å². The maximum Gasteiger partial charge on any atom is 0.226 e. The second-order valence-corrected chi connectivity index (χ2v) is 3.41. The van der Waals surface area contributed by atoms with Crippen LogP contribution in [0.2, 0.25) is 0 Å². The Morgan fingerprint density at radius 3 is 2.73 bits per heavy atom. The molecule has 1 amide bonds. The molecule has 0 aliphatic heterocycles. The lowest BCUT2D eigenvalue weighted by molar-refractivity contribution is -0.129. The molecule has 0 aliphatic rings. The van der Waals surface area contributed by atoms with Gasteiger partial charge in [0.2, 0.25) is 5.91 Å². The molecule has 0 heterocycles. The van der Waals surface area contributed by atoms with Crippen LogP contribution in [-0.2, 0) is 11.2 Å². The Labute approximate surface area is 89.3 Å². The summed E-state index contributed by atoms with van der Waals surface area (Å²) in [5.74, 6) is -0.0399. The summed E-state index contributed by atoms with van der Waals surface area (Å²) in [5.41, 5.74) is 7.18. The maximum atomic E-state index is 11.6. The van der Waals surface area contributed by atoms with E-state index in [-0.39, 0.29) is 18.9 Å². The van der Waals surface area contributed by atoms with Crippen molar-refractivity contribution in [3.63, 3.8) is 0 Å². The van der Waals surface area contributed by atoms with Crippen LogP contribution in [0.4, 0.5) is 5.69 Å². The Morgan fingerprint density at radius 1 is 1.47 bits per heavy atom. The maximum absolute atomic E-state index is 11.6. The number of para-hydroxylation sites is 1. The highest BCUT2D eigenvalue weighted by atomic mass is 16.3. The highest BCUT2D eigenvalue weighted by Crippen LogP contribution is 2.11. The minimum Gasteiger partial charge on any atom is -0.398 e. The molecule has 15 heavy (non-hydrogen) atoms. The number of carbonyl (C=O) groups excluding carboxylic acids is 1. The van der Waals surface area contributed by atoms with Crippen molar-refractivity contribution in [2.24, 2.45) is 0 Å². The van der Waals surface area contributed by atoms with E-state index in [2.05, 4.69) is 0 Å². The third-order valence-corrected chi connectivity index (χ3v) is 2.26. The molecule has 0 aromatic heterocycles. The standard InChI is InChI=1S/C11H16N2O2/c1-13(6-7-14)11(15)8-9-4-2-3-5-10(9)12/h2-5,14H,6-8,12H2,1H3. The Balaban J connectivity index is 2.62. The molecule has 3 N–H and O–H groups in total. The molecule has 0 atom stereocenters. The number of aliphatic hydroxyl groups is 1. The lowest BCUT2D eigenvalue weighted by Crippen LogP contribution is -2.30. The normalized spacial score (nSPS) is 10.0. The summed E-state index contributed by atoms with van der Waals surface area (Å²) in [6.07, 6.45) is 0.281. The van der Waals surface area contributed by atoms with Crippen LogP contribution in [0.25, 0.3) is 0 Å². The lowest BCUT2D eigenvalue weighted by atomic mass is 10.1. The van der Waals surface area contributed by atoms with Gasteiger partial charge in [-0.05, 0) is 11.6 Å². The molecule has 82 valence electrons. The van der Waals surface area contributed by atoms with Crippen LogP contribution in [0, 0.1) is 0 Å². The van der Waals surface area contributed by atoms with Gasteiger partial charge in [0.25, 0.3) is 0 Å². The van der Waals surface area contributed by atoms with Crippen LogP contribution in [0.5, 0.6) is 0 Å². The third kappa shape index (κ3) is 3.25. The van der Waals surface area contributed by atoms with Crippen molar-refractivity contribution in [1.82, 2.24) is 4.90 Å².